The minimum atomic E-state index is 0.00765. The summed E-state index contributed by atoms with van der Waals surface area (Å²) in [7, 11) is 0. The number of nitrogens with zero attached hydrogens (tertiary/aromatic N) is 3. The first kappa shape index (κ1) is 13.3. The fourth-order valence-corrected chi connectivity index (χ4v) is 1.80. The Morgan fingerprint density at radius 2 is 2.00 bits per heavy atom. The van der Waals surface area contributed by atoms with Crippen molar-refractivity contribution in [1.82, 2.24) is 10.1 Å². The summed E-state index contributed by atoms with van der Waals surface area (Å²) in [5, 5.41) is 3.92. The maximum atomic E-state index is 11.9. The van der Waals surface area contributed by atoms with Gasteiger partial charge < -0.3 is 4.52 Å². The summed E-state index contributed by atoms with van der Waals surface area (Å²) in [4.78, 5) is 17.7. The minimum Gasteiger partial charge on any atom is -0.314 e. The fourth-order valence-electron chi connectivity index (χ4n) is 1.80. The molecule has 0 radical (unpaired) electrons. The number of benzene rings is 1. The van der Waals surface area contributed by atoms with Crippen LogP contribution in [0.2, 0.25) is 0 Å². The van der Waals surface area contributed by atoms with Crippen LogP contribution in [-0.4, -0.2) is 22.6 Å². The lowest BCUT2D eigenvalue weighted by molar-refractivity contribution is -0.118. The van der Waals surface area contributed by atoms with Gasteiger partial charge in [0.1, 0.15) is 0 Å². The Labute approximate surface area is 112 Å². The van der Waals surface area contributed by atoms with E-state index < -0.39 is 0 Å². The molecule has 0 spiro atoms. The van der Waals surface area contributed by atoms with Crippen molar-refractivity contribution in [3.63, 3.8) is 0 Å². The van der Waals surface area contributed by atoms with E-state index in [0.717, 1.165) is 12.0 Å². The van der Waals surface area contributed by atoms with Crippen molar-refractivity contribution >= 4 is 11.9 Å². The smallest absolute Gasteiger partial charge is 0.314 e. The van der Waals surface area contributed by atoms with Crippen LogP contribution >= 0.6 is 0 Å². The first-order valence-corrected chi connectivity index (χ1v) is 6.45. The predicted molar refractivity (Wildman–Crippen MR) is 72.7 cm³/mol. The van der Waals surface area contributed by atoms with Crippen LogP contribution in [0.3, 0.4) is 0 Å². The molecule has 2 aromatic rings. The SMILES string of the molecule is CCCC(=O)N(CC)c1nc(-c2ccccc2)no1. The molecule has 1 aromatic heterocycles. The van der Waals surface area contributed by atoms with Crippen molar-refractivity contribution in [2.75, 3.05) is 11.4 Å². The number of hydrogen-bond donors (Lipinski definition) is 0. The van der Waals surface area contributed by atoms with E-state index in [9.17, 15) is 4.79 Å². The summed E-state index contributed by atoms with van der Waals surface area (Å²) in [6, 6.07) is 9.81. The normalized spacial score (nSPS) is 10.4. The molecule has 0 aliphatic carbocycles. The maximum absolute atomic E-state index is 11.9. The minimum absolute atomic E-state index is 0.00765. The van der Waals surface area contributed by atoms with E-state index in [1.165, 1.54) is 4.90 Å². The highest BCUT2D eigenvalue weighted by Crippen LogP contribution is 2.20. The molecule has 0 saturated heterocycles. The first-order valence-electron chi connectivity index (χ1n) is 6.45. The van der Waals surface area contributed by atoms with E-state index in [1.807, 2.05) is 44.2 Å². The third-order valence-electron chi connectivity index (χ3n) is 2.76. The van der Waals surface area contributed by atoms with Gasteiger partial charge in [-0.1, -0.05) is 42.4 Å². The molecule has 5 nitrogen and oxygen atoms in total. The third kappa shape index (κ3) is 2.99. The lowest BCUT2D eigenvalue weighted by Gasteiger charge is -2.14. The van der Waals surface area contributed by atoms with E-state index >= 15 is 0 Å². The van der Waals surface area contributed by atoms with Gasteiger partial charge in [-0.2, -0.15) is 4.98 Å². The number of rotatable bonds is 5. The second-order valence-corrected chi connectivity index (χ2v) is 4.15. The van der Waals surface area contributed by atoms with Gasteiger partial charge in [-0.05, 0) is 13.3 Å². The van der Waals surface area contributed by atoms with Crippen molar-refractivity contribution in [2.24, 2.45) is 0 Å². The second-order valence-electron chi connectivity index (χ2n) is 4.15. The summed E-state index contributed by atoms with van der Waals surface area (Å²) in [6.45, 7) is 4.38. The molecule has 0 atom stereocenters. The van der Waals surface area contributed by atoms with Gasteiger partial charge in [0.15, 0.2) is 0 Å². The molecular weight excluding hydrogens is 242 g/mol. The number of carbonyl (C=O) groups is 1. The molecule has 0 saturated carbocycles. The topological polar surface area (TPSA) is 59.2 Å². The van der Waals surface area contributed by atoms with Crippen molar-refractivity contribution in [3.8, 4) is 11.4 Å². The summed E-state index contributed by atoms with van der Waals surface area (Å²) in [5.41, 5.74) is 0.872. The van der Waals surface area contributed by atoms with E-state index in [-0.39, 0.29) is 11.9 Å². The Bertz CT molecular complexity index is 537. The van der Waals surface area contributed by atoms with Crippen LogP contribution in [0, 0.1) is 0 Å². The van der Waals surface area contributed by atoms with E-state index in [1.54, 1.807) is 0 Å². The highest BCUT2D eigenvalue weighted by molar-refractivity contribution is 5.91. The van der Waals surface area contributed by atoms with Gasteiger partial charge in [0.05, 0.1) is 0 Å². The van der Waals surface area contributed by atoms with Crippen LogP contribution in [0.5, 0.6) is 0 Å². The zero-order valence-corrected chi connectivity index (χ0v) is 11.2. The van der Waals surface area contributed by atoms with Gasteiger partial charge in [0.2, 0.25) is 11.7 Å². The van der Waals surface area contributed by atoms with Gasteiger partial charge in [-0.3, -0.25) is 9.69 Å². The third-order valence-corrected chi connectivity index (χ3v) is 2.76. The Morgan fingerprint density at radius 3 is 2.63 bits per heavy atom. The molecular formula is C14H17N3O2. The van der Waals surface area contributed by atoms with Crippen molar-refractivity contribution in [3.05, 3.63) is 30.3 Å². The van der Waals surface area contributed by atoms with Gasteiger partial charge in [-0.15, -0.1) is 0 Å². The Balaban J connectivity index is 2.22. The lowest BCUT2D eigenvalue weighted by atomic mass is 10.2. The van der Waals surface area contributed by atoms with Gasteiger partial charge in [-0.25, -0.2) is 0 Å². The number of amides is 1. The van der Waals surface area contributed by atoms with Crippen LogP contribution in [0.1, 0.15) is 26.7 Å². The second kappa shape index (κ2) is 6.13. The zero-order valence-electron chi connectivity index (χ0n) is 11.2. The van der Waals surface area contributed by atoms with Gasteiger partial charge in [0.25, 0.3) is 0 Å². The molecule has 0 aliphatic rings. The Kier molecular flexibility index (Phi) is 4.28. The van der Waals surface area contributed by atoms with E-state index in [4.69, 9.17) is 4.52 Å². The van der Waals surface area contributed by atoms with Gasteiger partial charge in [0, 0.05) is 18.5 Å². The average Bonchev–Trinajstić information content (AvgIpc) is 2.90. The number of hydrogen-bond acceptors (Lipinski definition) is 4. The maximum Gasteiger partial charge on any atom is 0.331 e. The van der Waals surface area contributed by atoms with Crippen LogP contribution in [0.25, 0.3) is 11.4 Å². The van der Waals surface area contributed by atoms with Crippen LogP contribution in [-0.2, 0) is 4.79 Å². The summed E-state index contributed by atoms with van der Waals surface area (Å²) in [6.07, 6.45) is 1.28. The number of carbonyl (C=O) groups excluding carboxylic acids is 1. The lowest BCUT2D eigenvalue weighted by Crippen LogP contribution is -2.30. The molecule has 1 aromatic carbocycles. The number of anilines is 1. The molecule has 5 heteroatoms. The van der Waals surface area contributed by atoms with Gasteiger partial charge >= 0.3 is 6.01 Å². The summed E-state index contributed by atoms with van der Waals surface area (Å²) < 4.78 is 5.18. The highest BCUT2D eigenvalue weighted by Gasteiger charge is 2.19. The number of aromatic nitrogens is 2. The van der Waals surface area contributed by atoms with Crippen molar-refractivity contribution in [1.29, 1.82) is 0 Å². The summed E-state index contributed by atoms with van der Waals surface area (Å²) in [5.74, 6) is 0.506. The molecule has 0 N–H and O–H groups in total. The quantitative estimate of drug-likeness (QED) is 0.828. The zero-order chi connectivity index (χ0) is 13.7. The molecule has 1 amide bonds. The largest absolute Gasteiger partial charge is 0.331 e. The van der Waals surface area contributed by atoms with Crippen LogP contribution < -0.4 is 4.90 Å². The molecule has 0 fully saturated rings. The highest BCUT2D eigenvalue weighted by atomic mass is 16.5. The molecule has 0 unspecified atom stereocenters. The molecule has 0 bridgehead atoms. The molecule has 1 heterocycles. The van der Waals surface area contributed by atoms with Crippen LogP contribution in [0.4, 0.5) is 6.01 Å². The molecule has 0 aliphatic heterocycles. The predicted octanol–water partition coefficient (Wildman–Crippen LogP) is 2.89. The first-order chi connectivity index (χ1) is 9.26. The Hall–Kier alpha value is -2.17. The average molecular weight is 259 g/mol. The van der Waals surface area contributed by atoms with Crippen molar-refractivity contribution < 1.29 is 9.32 Å². The van der Waals surface area contributed by atoms with E-state index in [0.29, 0.717) is 18.8 Å². The van der Waals surface area contributed by atoms with Crippen LogP contribution in [0.15, 0.2) is 34.9 Å². The Morgan fingerprint density at radius 1 is 1.26 bits per heavy atom. The molecule has 19 heavy (non-hydrogen) atoms. The molecule has 2 rings (SSSR count). The monoisotopic (exact) mass is 259 g/mol. The fraction of sp³-hybridized carbons (Fsp3) is 0.357. The van der Waals surface area contributed by atoms with Crippen molar-refractivity contribution in [2.45, 2.75) is 26.7 Å². The molecule has 100 valence electrons. The van der Waals surface area contributed by atoms with E-state index in [2.05, 4.69) is 10.1 Å². The standard InChI is InChI=1S/C14H17N3O2/c1-3-8-12(18)17(4-2)14-15-13(16-19-14)11-9-6-5-7-10-11/h5-7,9-10H,3-4,8H2,1-2H3. The summed E-state index contributed by atoms with van der Waals surface area (Å²) >= 11 is 0.